The molecule has 1 aliphatic heterocycles. The number of nitrogens with zero attached hydrogens (tertiary/aromatic N) is 2. The van der Waals surface area contributed by atoms with Gasteiger partial charge in [0.25, 0.3) is 5.69 Å². The van der Waals surface area contributed by atoms with Crippen LogP contribution in [0.2, 0.25) is 5.02 Å². The first-order chi connectivity index (χ1) is 9.51. The van der Waals surface area contributed by atoms with E-state index in [2.05, 4.69) is 11.8 Å². The Morgan fingerprint density at radius 3 is 2.90 bits per heavy atom. The van der Waals surface area contributed by atoms with Crippen molar-refractivity contribution in [2.75, 3.05) is 13.1 Å². The van der Waals surface area contributed by atoms with Gasteiger partial charge in [0.1, 0.15) is 0 Å². The van der Waals surface area contributed by atoms with Crippen LogP contribution in [0.15, 0.2) is 18.2 Å². The number of benzene rings is 1. The summed E-state index contributed by atoms with van der Waals surface area (Å²) in [5.74, 6) is 0.292. The zero-order valence-corrected chi connectivity index (χ0v) is 12.2. The van der Waals surface area contributed by atoms with Crippen molar-refractivity contribution in [3.63, 3.8) is 0 Å². The molecule has 1 aliphatic rings. The van der Waals surface area contributed by atoms with Gasteiger partial charge < -0.3 is 5.11 Å². The number of non-ortho nitro benzene ring substituents is 1. The predicted molar refractivity (Wildman–Crippen MR) is 77.8 cm³/mol. The van der Waals surface area contributed by atoms with Gasteiger partial charge >= 0.3 is 0 Å². The standard InChI is InChI=1S/C14H19ClN2O3/c1-2-10-8-16(6-5-14(10)18)9-11-3-4-12(17(19)20)7-13(11)15/h3-4,7,10,14,18H,2,5-6,8-9H2,1H3. The quantitative estimate of drug-likeness (QED) is 0.685. The van der Waals surface area contributed by atoms with Crippen molar-refractivity contribution in [1.29, 1.82) is 0 Å². The van der Waals surface area contributed by atoms with Crippen LogP contribution in [0.3, 0.4) is 0 Å². The van der Waals surface area contributed by atoms with Gasteiger partial charge in [0.15, 0.2) is 0 Å². The number of aliphatic hydroxyl groups is 1. The summed E-state index contributed by atoms with van der Waals surface area (Å²) in [5, 5.41) is 21.0. The van der Waals surface area contributed by atoms with Gasteiger partial charge in [0, 0.05) is 31.8 Å². The number of aliphatic hydroxyl groups excluding tert-OH is 1. The molecule has 2 unspecified atom stereocenters. The molecule has 0 aliphatic carbocycles. The van der Waals surface area contributed by atoms with E-state index in [1.807, 2.05) is 0 Å². The fourth-order valence-corrected chi connectivity index (χ4v) is 2.89. The highest BCUT2D eigenvalue weighted by molar-refractivity contribution is 6.31. The smallest absolute Gasteiger partial charge is 0.270 e. The fraction of sp³-hybridized carbons (Fsp3) is 0.571. The molecule has 0 saturated carbocycles. The molecule has 1 fully saturated rings. The van der Waals surface area contributed by atoms with Crippen LogP contribution in [0.25, 0.3) is 0 Å². The van der Waals surface area contributed by atoms with E-state index in [1.165, 1.54) is 12.1 Å². The molecule has 0 radical (unpaired) electrons. The summed E-state index contributed by atoms with van der Waals surface area (Å²) in [5.41, 5.74) is 0.905. The number of likely N-dealkylation sites (tertiary alicyclic amines) is 1. The van der Waals surface area contributed by atoms with Crippen LogP contribution in [-0.4, -0.2) is 34.1 Å². The van der Waals surface area contributed by atoms with Gasteiger partial charge in [-0.05, 0) is 30.4 Å². The zero-order chi connectivity index (χ0) is 14.7. The van der Waals surface area contributed by atoms with Crippen molar-refractivity contribution in [2.24, 2.45) is 5.92 Å². The van der Waals surface area contributed by atoms with Crippen molar-refractivity contribution in [1.82, 2.24) is 4.90 Å². The highest BCUT2D eigenvalue weighted by Gasteiger charge is 2.26. The van der Waals surface area contributed by atoms with Crippen molar-refractivity contribution in [2.45, 2.75) is 32.4 Å². The van der Waals surface area contributed by atoms with E-state index >= 15 is 0 Å². The summed E-state index contributed by atoms with van der Waals surface area (Å²) >= 11 is 6.11. The van der Waals surface area contributed by atoms with Crippen molar-refractivity contribution in [3.8, 4) is 0 Å². The Kier molecular flexibility index (Phi) is 4.96. The van der Waals surface area contributed by atoms with Crippen LogP contribution in [-0.2, 0) is 6.54 Å². The minimum absolute atomic E-state index is 0.0132. The normalized spacial score (nSPS) is 23.8. The van der Waals surface area contributed by atoms with Gasteiger partial charge in [0.2, 0.25) is 0 Å². The molecule has 0 bridgehead atoms. The Balaban J connectivity index is 2.05. The number of piperidine rings is 1. The number of nitro benzene ring substituents is 1. The van der Waals surface area contributed by atoms with Crippen LogP contribution in [0, 0.1) is 16.0 Å². The minimum Gasteiger partial charge on any atom is -0.393 e. The third kappa shape index (κ3) is 3.48. The molecule has 1 N–H and O–H groups in total. The Morgan fingerprint density at radius 2 is 2.30 bits per heavy atom. The SMILES string of the molecule is CCC1CN(Cc2ccc([N+](=O)[O-])cc2Cl)CCC1O. The molecule has 1 aromatic carbocycles. The topological polar surface area (TPSA) is 66.6 Å². The molecule has 1 heterocycles. The number of halogens is 1. The second kappa shape index (κ2) is 6.52. The van der Waals surface area contributed by atoms with Gasteiger partial charge in [-0.25, -0.2) is 0 Å². The van der Waals surface area contributed by atoms with Gasteiger partial charge in [0.05, 0.1) is 16.0 Å². The average Bonchev–Trinajstić information content (AvgIpc) is 2.42. The fourth-order valence-electron chi connectivity index (χ4n) is 2.66. The Labute approximate surface area is 123 Å². The molecule has 2 rings (SSSR count). The van der Waals surface area contributed by atoms with E-state index in [1.54, 1.807) is 6.07 Å². The summed E-state index contributed by atoms with van der Waals surface area (Å²) in [7, 11) is 0. The van der Waals surface area contributed by atoms with Gasteiger partial charge in [-0.15, -0.1) is 0 Å². The number of hydrogen-bond acceptors (Lipinski definition) is 4. The lowest BCUT2D eigenvalue weighted by Gasteiger charge is -2.35. The van der Waals surface area contributed by atoms with E-state index < -0.39 is 4.92 Å². The first kappa shape index (κ1) is 15.2. The van der Waals surface area contributed by atoms with Gasteiger partial charge in [-0.3, -0.25) is 15.0 Å². The molecule has 2 atom stereocenters. The Morgan fingerprint density at radius 1 is 1.55 bits per heavy atom. The molecular weight excluding hydrogens is 280 g/mol. The van der Waals surface area contributed by atoms with Crippen molar-refractivity contribution >= 4 is 17.3 Å². The van der Waals surface area contributed by atoms with Crippen LogP contribution in [0.4, 0.5) is 5.69 Å². The molecule has 1 aromatic rings. The third-order valence-corrected chi connectivity index (χ3v) is 4.30. The molecule has 0 aromatic heterocycles. The maximum Gasteiger partial charge on any atom is 0.270 e. The Bertz CT molecular complexity index is 495. The van der Waals surface area contributed by atoms with Gasteiger partial charge in [-0.1, -0.05) is 18.5 Å². The monoisotopic (exact) mass is 298 g/mol. The molecule has 0 amide bonds. The third-order valence-electron chi connectivity index (χ3n) is 3.94. The largest absolute Gasteiger partial charge is 0.393 e. The lowest BCUT2D eigenvalue weighted by molar-refractivity contribution is -0.384. The van der Waals surface area contributed by atoms with Crippen molar-refractivity contribution in [3.05, 3.63) is 38.9 Å². The zero-order valence-electron chi connectivity index (χ0n) is 11.5. The van der Waals surface area contributed by atoms with E-state index in [9.17, 15) is 15.2 Å². The molecule has 110 valence electrons. The lowest BCUT2D eigenvalue weighted by Crippen LogP contribution is -2.42. The predicted octanol–water partition coefficient (Wildman–Crippen LogP) is 2.84. The molecule has 6 heteroatoms. The first-order valence-electron chi connectivity index (χ1n) is 6.84. The highest BCUT2D eigenvalue weighted by Crippen LogP contribution is 2.26. The molecule has 5 nitrogen and oxygen atoms in total. The molecular formula is C14H19ClN2O3. The Hall–Kier alpha value is -1.17. The summed E-state index contributed by atoms with van der Waals surface area (Å²) < 4.78 is 0. The molecule has 0 spiro atoms. The van der Waals surface area contributed by atoms with Gasteiger partial charge in [-0.2, -0.15) is 0 Å². The summed E-state index contributed by atoms with van der Waals surface area (Å²) in [6, 6.07) is 4.59. The van der Waals surface area contributed by atoms with Crippen LogP contribution in [0.1, 0.15) is 25.3 Å². The first-order valence-corrected chi connectivity index (χ1v) is 7.22. The lowest BCUT2D eigenvalue weighted by atomic mass is 9.92. The molecule has 20 heavy (non-hydrogen) atoms. The minimum atomic E-state index is -0.444. The van der Waals surface area contributed by atoms with E-state index in [-0.39, 0.29) is 11.8 Å². The summed E-state index contributed by atoms with van der Waals surface area (Å²) in [4.78, 5) is 12.5. The highest BCUT2D eigenvalue weighted by atomic mass is 35.5. The van der Waals surface area contributed by atoms with Crippen LogP contribution >= 0.6 is 11.6 Å². The number of nitro groups is 1. The van der Waals surface area contributed by atoms with E-state index in [0.717, 1.165) is 31.5 Å². The summed E-state index contributed by atoms with van der Waals surface area (Å²) in [6.45, 7) is 4.41. The maximum atomic E-state index is 10.7. The molecule has 1 saturated heterocycles. The average molecular weight is 299 g/mol. The maximum absolute atomic E-state index is 10.7. The van der Waals surface area contributed by atoms with Crippen molar-refractivity contribution < 1.29 is 10.0 Å². The van der Waals surface area contributed by atoms with Crippen LogP contribution in [0.5, 0.6) is 0 Å². The van der Waals surface area contributed by atoms with E-state index in [0.29, 0.717) is 17.5 Å². The second-order valence-corrected chi connectivity index (χ2v) is 5.70. The number of rotatable bonds is 4. The van der Waals surface area contributed by atoms with E-state index in [4.69, 9.17) is 11.6 Å². The summed E-state index contributed by atoms with van der Waals surface area (Å²) in [6.07, 6.45) is 1.50. The number of hydrogen-bond donors (Lipinski definition) is 1. The van der Waals surface area contributed by atoms with Crippen LogP contribution < -0.4 is 0 Å². The second-order valence-electron chi connectivity index (χ2n) is 5.29.